The Balaban J connectivity index is 0.00000320. The van der Waals surface area contributed by atoms with Crippen molar-refractivity contribution >= 4 is 35.8 Å². The molecule has 0 bridgehead atoms. The summed E-state index contributed by atoms with van der Waals surface area (Å²) in [6, 6.07) is 21.7. The van der Waals surface area contributed by atoms with E-state index < -0.39 is 0 Å². The first-order valence-corrected chi connectivity index (χ1v) is 10.6. The number of carbonyl (C=O) groups excluding carboxylic acids is 1. The lowest BCUT2D eigenvalue weighted by Crippen LogP contribution is -2.39. The van der Waals surface area contributed by atoms with E-state index in [1.165, 1.54) is 11.1 Å². The van der Waals surface area contributed by atoms with Gasteiger partial charge >= 0.3 is 0 Å². The predicted molar refractivity (Wildman–Crippen MR) is 135 cm³/mol. The largest absolute Gasteiger partial charge is 0.356 e. The van der Waals surface area contributed by atoms with Crippen LogP contribution in [-0.2, 0) is 4.79 Å². The van der Waals surface area contributed by atoms with E-state index in [1.807, 2.05) is 0 Å². The fourth-order valence-electron chi connectivity index (χ4n) is 3.44. The lowest BCUT2D eigenvalue weighted by Gasteiger charge is -2.19. The highest BCUT2D eigenvalue weighted by molar-refractivity contribution is 14.0. The molecule has 30 heavy (non-hydrogen) atoms. The molecule has 0 heterocycles. The van der Waals surface area contributed by atoms with Gasteiger partial charge in [0.1, 0.15) is 0 Å². The molecule has 3 N–H and O–H groups in total. The number of benzene rings is 2. The second-order valence-electron chi connectivity index (χ2n) is 7.53. The second-order valence-corrected chi connectivity index (χ2v) is 7.53. The third kappa shape index (κ3) is 8.34. The summed E-state index contributed by atoms with van der Waals surface area (Å²) >= 11 is 0. The lowest BCUT2D eigenvalue weighted by molar-refractivity contribution is -0.121. The molecule has 162 valence electrons. The Morgan fingerprint density at radius 1 is 0.967 bits per heavy atom. The molecular weight excluding hydrogens is 487 g/mol. The first kappa shape index (κ1) is 24.2. The number of amides is 1. The summed E-state index contributed by atoms with van der Waals surface area (Å²) < 4.78 is 0. The van der Waals surface area contributed by atoms with Gasteiger partial charge in [-0.1, -0.05) is 60.7 Å². The van der Waals surface area contributed by atoms with E-state index >= 15 is 0 Å². The van der Waals surface area contributed by atoms with Crippen LogP contribution in [0.3, 0.4) is 0 Å². The van der Waals surface area contributed by atoms with Crippen molar-refractivity contribution in [3.63, 3.8) is 0 Å². The van der Waals surface area contributed by atoms with Gasteiger partial charge in [-0.3, -0.25) is 9.79 Å². The van der Waals surface area contributed by atoms with Crippen molar-refractivity contribution in [1.29, 1.82) is 0 Å². The quantitative estimate of drug-likeness (QED) is 0.192. The average Bonchev–Trinajstić information content (AvgIpc) is 3.58. The molecule has 0 aliphatic heterocycles. The van der Waals surface area contributed by atoms with Gasteiger partial charge in [-0.25, -0.2) is 0 Å². The molecule has 1 saturated carbocycles. The molecule has 1 aliphatic carbocycles. The molecule has 1 aliphatic rings. The number of halogens is 1. The van der Waals surface area contributed by atoms with E-state index in [1.54, 1.807) is 7.05 Å². The third-order valence-electron chi connectivity index (χ3n) is 5.17. The van der Waals surface area contributed by atoms with Crippen molar-refractivity contribution in [2.24, 2.45) is 4.99 Å². The lowest BCUT2D eigenvalue weighted by atomic mass is 9.88. The molecule has 0 unspecified atom stereocenters. The molecule has 0 saturated heterocycles. The monoisotopic (exact) mass is 520 g/mol. The zero-order valence-electron chi connectivity index (χ0n) is 17.6. The SMILES string of the molecule is CN=C(NCCCC(=O)NC1CC1)NCCC(c1ccccc1)c1ccccc1.I. The molecule has 2 aromatic carbocycles. The number of carbonyl (C=O) groups is 1. The maximum absolute atomic E-state index is 11.7. The Morgan fingerprint density at radius 2 is 1.53 bits per heavy atom. The Morgan fingerprint density at radius 3 is 2.07 bits per heavy atom. The highest BCUT2D eigenvalue weighted by atomic mass is 127. The van der Waals surface area contributed by atoms with Crippen LogP contribution in [0.4, 0.5) is 0 Å². The van der Waals surface area contributed by atoms with Crippen molar-refractivity contribution in [2.75, 3.05) is 20.1 Å². The van der Waals surface area contributed by atoms with Crippen molar-refractivity contribution in [3.8, 4) is 0 Å². The minimum absolute atomic E-state index is 0. The van der Waals surface area contributed by atoms with E-state index in [0.717, 1.165) is 44.7 Å². The molecule has 1 amide bonds. The highest BCUT2D eigenvalue weighted by Crippen LogP contribution is 2.27. The van der Waals surface area contributed by atoms with Gasteiger partial charge in [0.15, 0.2) is 5.96 Å². The van der Waals surface area contributed by atoms with E-state index in [0.29, 0.717) is 18.4 Å². The number of aliphatic imine (C=N–C) groups is 1. The van der Waals surface area contributed by atoms with E-state index in [4.69, 9.17) is 0 Å². The maximum Gasteiger partial charge on any atom is 0.220 e. The predicted octanol–water partition coefficient (Wildman–Crippen LogP) is 4.05. The summed E-state index contributed by atoms with van der Waals surface area (Å²) in [5.41, 5.74) is 2.65. The number of nitrogens with one attached hydrogen (secondary N) is 3. The Labute approximate surface area is 197 Å². The molecule has 6 heteroatoms. The van der Waals surface area contributed by atoms with Crippen LogP contribution in [0.15, 0.2) is 65.7 Å². The van der Waals surface area contributed by atoms with E-state index in [-0.39, 0.29) is 29.9 Å². The average molecular weight is 520 g/mol. The number of hydrogen-bond acceptors (Lipinski definition) is 2. The molecule has 0 radical (unpaired) electrons. The van der Waals surface area contributed by atoms with Gasteiger partial charge in [-0.15, -0.1) is 24.0 Å². The molecule has 2 aromatic rings. The van der Waals surface area contributed by atoms with Crippen LogP contribution in [-0.4, -0.2) is 38.0 Å². The van der Waals surface area contributed by atoms with Crippen molar-refractivity contribution < 1.29 is 4.79 Å². The molecule has 0 spiro atoms. The van der Waals surface area contributed by atoms with Crippen LogP contribution in [0.2, 0.25) is 0 Å². The van der Waals surface area contributed by atoms with Gasteiger partial charge in [0.05, 0.1) is 0 Å². The van der Waals surface area contributed by atoms with Gasteiger partial charge in [0.2, 0.25) is 5.91 Å². The maximum atomic E-state index is 11.7. The second kappa shape index (κ2) is 13.3. The Hall–Kier alpha value is -2.09. The summed E-state index contributed by atoms with van der Waals surface area (Å²) in [6.07, 6.45) is 4.60. The topological polar surface area (TPSA) is 65.5 Å². The fraction of sp³-hybridized carbons (Fsp3) is 0.417. The number of hydrogen-bond donors (Lipinski definition) is 3. The first-order valence-electron chi connectivity index (χ1n) is 10.6. The van der Waals surface area contributed by atoms with Gasteiger partial charge in [-0.2, -0.15) is 0 Å². The summed E-state index contributed by atoms with van der Waals surface area (Å²) in [6.45, 7) is 1.55. The highest BCUT2D eigenvalue weighted by Gasteiger charge is 2.22. The van der Waals surface area contributed by atoms with Crippen LogP contribution in [0.5, 0.6) is 0 Å². The number of nitrogens with zero attached hydrogens (tertiary/aromatic N) is 1. The van der Waals surface area contributed by atoms with Gasteiger partial charge in [0.25, 0.3) is 0 Å². The standard InChI is InChI=1S/C24H32N4O.HI/c1-25-24(26-17-8-13-23(29)28-21-14-15-21)27-18-16-22(19-9-4-2-5-10-19)20-11-6-3-7-12-20;/h2-7,9-12,21-22H,8,13-18H2,1H3,(H,28,29)(H2,25,26,27);1H. The van der Waals surface area contributed by atoms with Crippen molar-refractivity contribution in [3.05, 3.63) is 71.8 Å². The summed E-state index contributed by atoms with van der Waals surface area (Å²) in [5, 5.41) is 9.74. The summed E-state index contributed by atoms with van der Waals surface area (Å²) in [7, 11) is 1.78. The summed E-state index contributed by atoms with van der Waals surface area (Å²) in [4.78, 5) is 16.0. The minimum Gasteiger partial charge on any atom is -0.356 e. The van der Waals surface area contributed by atoms with Crippen molar-refractivity contribution in [1.82, 2.24) is 16.0 Å². The summed E-state index contributed by atoms with van der Waals surface area (Å²) in [5.74, 6) is 1.28. The van der Waals surface area contributed by atoms with Gasteiger partial charge < -0.3 is 16.0 Å². The van der Waals surface area contributed by atoms with Gasteiger partial charge in [0, 0.05) is 38.5 Å². The number of rotatable bonds is 10. The smallest absolute Gasteiger partial charge is 0.220 e. The minimum atomic E-state index is 0. The Bertz CT molecular complexity index is 739. The van der Waals surface area contributed by atoms with Crippen LogP contribution in [0, 0.1) is 0 Å². The molecule has 1 fully saturated rings. The normalized spacial score (nSPS) is 13.5. The fourth-order valence-corrected chi connectivity index (χ4v) is 3.44. The van der Waals surface area contributed by atoms with Crippen LogP contribution in [0.1, 0.15) is 49.1 Å². The number of guanidine groups is 1. The van der Waals surface area contributed by atoms with E-state index in [9.17, 15) is 4.79 Å². The molecule has 3 rings (SSSR count). The van der Waals surface area contributed by atoms with Crippen molar-refractivity contribution in [2.45, 2.75) is 44.1 Å². The molecule has 0 atom stereocenters. The third-order valence-corrected chi connectivity index (χ3v) is 5.17. The zero-order valence-corrected chi connectivity index (χ0v) is 20.0. The van der Waals surface area contributed by atoms with Gasteiger partial charge in [-0.05, 0) is 36.8 Å². The molecular formula is C24H33IN4O. The Kier molecular flexibility index (Phi) is 10.7. The van der Waals surface area contributed by atoms with Crippen LogP contribution >= 0.6 is 24.0 Å². The molecule has 0 aromatic heterocycles. The van der Waals surface area contributed by atoms with Crippen LogP contribution in [0.25, 0.3) is 0 Å². The first-order chi connectivity index (χ1) is 14.3. The van der Waals surface area contributed by atoms with E-state index in [2.05, 4.69) is 81.6 Å². The van der Waals surface area contributed by atoms with Crippen LogP contribution < -0.4 is 16.0 Å². The molecule has 5 nitrogen and oxygen atoms in total. The zero-order chi connectivity index (χ0) is 20.3.